The van der Waals surface area contributed by atoms with Gasteiger partial charge in [0, 0.05) is 13.1 Å². The summed E-state index contributed by atoms with van der Waals surface area (Å²) in [6.45, 7) is 0.986. The molecule has 1 aliphatic heterocycles. The molecule has 0 bridgehead atoms. The minimum Gasteiger partial charge on any atom is -0.476 e. The van der Waals surface area contributed by atoms with Crippen LogP contribution >= 0.6 is 0 Å². The molecular weight excluding hydrogens is 332 g/mol. The second-order valence-corrected chi connectivity index (χ2v) is 7.37. The molecule has 2 N–H and O–H groups in total. The van der Waals surface area contributed by atoms with Crippen molar-refractivity contribution < 1.29 is 18.3 Å². The summed E-state index contributed by atoms with van der Waals surface area (Å²) >= 11 is 0. The SMILES string of the molecule is O=C(O)c1cnc(NCc2ccc(N3CCCS3(=O)=O)cc2)cn1. The van der Waals surface area contributed by atoms with Gasteiger partial charge in [0.25, 0.3) is 0 Å². The van der Waals surface area contributed by atoms with Crippen molar-refractivity contribution in [3.8, 4) is 0 Å². The molecule has 2 heterocycles. The van der Waals surface area contributed by atoms with Crippen molar-refractivity contribution in [3.05, 3.63) is 47.9 Å². The Balaban J connectivity index is 1.63. The van der Waals surface area contributed by atoms with E-state index in [1.54, 1.807) is 12.1 Å². The van der Waals surface area contributed by atoms with Crippen LogP contribution < -0.4 is 9.62 Å². The van der Waals surface area contributed by atoms with Gasteiger partial charge in [-0.25, -0.2) is 23.2 Å². The lowest BCUT2D eigenvalue weighted by Gasteiger charge is -2.17. The third-order valence-corrected chi connectivity index (χ3v) is 5.54. The van der Waals surface area contributed by atoms with E-state index in [1.165, 1.54) is 16.7 Å². The Bertz CT molecular complexity index is 835. The zero-order valence-electron chi connectivity index (χ0n) is 12.7. The molecule has 126 valence electrons. The minimum atomic E-state index is -3.17. The van der Waals surface area contributed by atoms with Crippen LogP contribution in [0.2, 0.25) is 0 Å². The molecule has 3 rings (SSSR count). The first-order chi connectivity index (χ1) is 11.5. The molecular formula is C15H16N4O4S. The van der Waals surface area contributed by atoms with Crippen LogP contribution in [0.4, 0.5) is 11.5 Å². The average Bonchev–Trinajstić information content (AvgIpc) is 2.93. The van der Waals surface area contributed by atoms with Gasteiger partial charge in [-0.1, -0.05) is 12.1 Å². The van der Waals surface area contributed by atoms with E-state index in [0.717, 1.165) is 5.56 Å². The number of rotatable bonds is 5. The van der Waals surface area contributed by atoms with Gasteiger partial charge in [-0.2, -0.15) is 0 Å². The summed E-state index contributed by atoms with van der Waals surface area (Å²) in [7, 11) is -3.17. The Hall–Kier alpha value is -2.68. The fourth-order valence-corrected chi connectivity index (χ4v) is 4.00. The third-order valence-electron chi connectivity index (χ3n) is 3.67. The number of carboxylic acids is 1. The first-order valence-corrected chi connectivity index (χ1v) is 8.95. The van der Waals surface area contributed by atoms with Crippen molar-refractivity contribution >= 4 is 27.5 Å². The van der Waals surface area contributed by atoms with Gasteiger partial charge in [0.2, 0.25) is 10.0 Å². The first kappa shape index (κ1) is 16.2. The highest BCUT2D eigenvalue weighted by Gasteiger charge is 2.28. The molecule has 0 atom stereocenters. The van der Waals surface area contributed by atoms with E-state index < -0.39 is 16.0 Å². The Labute approximate surface area is 139 Å². The predicted molar refractivity (Wildman–Crippen MR) is 88.5 cm³/mol. The zero-order chi connectivity index (χ0) is 17.2. The summed E-state index contributed by atoms with van der Waals surface area (Å²) in [6.07, 6.45) is 3.19. The molecule has 1 saturated heterocycles. The number of hydrogen-bond acceptors (Lipinski definition) is 6. The van der Waals surface area contributed by atoms with Gasteiger partial charge >= 0.3 is 5.97 Å². The maximum absolute atomic E-state index is 11.9. The van der Waals surface area contributed by atoms with Crippen LogP contribution in [0.25, 0.3) is 0 Å². The topological polar surface area (TPSA) is 112 Å². The fourth-order valence-electron chi connectivity index (χ4n) is 2.43. The van der Waals surface area contributed by atoms with Crippen LogP contribution in [0.5, 0.6) is 0 Å². The highest BCUT2D eigenvalue weighted by atomic mass is 32.2. The molecule has 0 saturated carbocycles. The van der Waals surface area contributed by atoms with E-state index in [1.807, 2.05) is 12.1 Å². The number of benzene rings is 1. The number of anilines is 2. The van der Waals surface area contributed by atoms with E-state index in [-0.39, 0.29) is 11.4 Å². The molecule has 8 nitrogen and oxygen atoms in total. The van der Waals surface area contributed by atoms with Gasteiger partial charge in [-0.05, 0) is 24.1 Å². The number of sulfonamides is 1. The van der Waals surface area contributed by atoms with Crippen LogP contribution in [-0.2, 0) is 16.6 Å². The molecule has 24 heavy (non-hydrogen) atoms. The van der Waals surface area contributed by atoms with Crippen LogP contribution in [0.1, 0.15) is 22.5 Å². The maximum atomic E-state index is 11.9. The Kier molecular flexibility index (Phi) is 4.34. The molecule has 2 aromatic rings. The number of nitrogens with one attached hydrogen (secondary N) is 1. The van der Waals surface area contributed by atoms with Crippen molar-refractivity contribution in [2.24, 2.45) is 0 Å². The predicted octanol–water partition coefficient (Wildman–Crippen LogP) is 1.33. The number of hydrogen-bond donors (Lipinski definition) is 2. The van der Waals surface area contributed by atoms with E-state index in [0.29, 0.717) is 31.0 Å². The molecule has 0 unspecified atom stereocenters. The lowest BCUT2D eigenvalue weighted by molar-refractivity contribution is 0.0690. The maximum Gasteiger partial charge on any atom is 0.356 e. The van der Waals surface area contributed by atoms with E-state index in [9.17, 15) is 13.2 Å². The molecule has 1 aromatic heterocycles. The van der Waals surface area contributed by atoms with E-state index in [4.69, 9.17) is 5.11 Å². The van der Waals surface area contributed by atoms with Gasteiger partial charge in [0.05, 0.1) is 23.8 Å². The van der Waals surface area contributed by atoms with Gasteiger partial charge in [-0.15, -0.1) is 0 Å². The van der Waals surface area contributed by atoms with Crippen LogP contribution in [0.3, 0.4) is 0 Å². The zero-order valence-corrected chi connectivity index (χ0v) is 13.5. The number of carbonyl (C=O) groups is 1. The highest BCUT2D eigenvalue weighted by Crippen LogP contribution is 2.24. The molecule has 1 aliphatic rings. The smallest absolute Gasteiger partial charge is 0.356 e. The van der Waals surface area contributed by atoms with E-state index >= 15 is 0 Å². The molecule has 0 amide bonds. The molecule has 0 radical (unpaired) electrons. The van der Waals surface area contributed by atoms with Gasteiger partial charge in [0.1, 0.15) is 5.82 Å². The van der Waals surface area contributed by atoms with Crippen molar-refractivity contribution in [3.63, 3.8) is 0 Å². The third kappa shape index (κ3) is 3.46. The number of aromatic carboxylic acids is 1. The molecule has 1 fully saturated rings. The van der Waals surface area contributed by atoms with Crippen LogP contribution in [0.15, 0.2) is 36.7 Å². The van der Waals surface area contributed by atoms with Crippen LogP contribution in [-0.4, -0.2) is 41.8 Å². The molecule has 1 aromatic carbocycles. The monoisotopic (exact) mass is 348 g/mol. The number of nitrogens with zero attached hydrogens (tertiary/aromatic N) is 3. The van der Waals surface area contributed by atoms with E-state index in [2.05, 4.69) is 15.3 Å². The Morgan fingerprint density at radius 3 is 2.50 bits per heavy atom. The summed E-state index contributed by atoms with van der Waals surface area (Å²) in [4.78, 5) is 18.5. The number of aromatic nitrogens is 2. The second-order valence-electron chi connectivity index (χ2n) is 5.35. The molecule has 0 aliphatic carbocycles. The minimum absolute atomic E-state index is 0.114. The highest BCUT2D eigenvalue weighted by molar-refractivity contribution is 7.93. The first-order valence-electron chi connectivity index (χ1n) is 7.34. The summed E-state index contributed by atoms with van der Waals surface area (Å²) in [6, 6.07) is 7.24. The van der Waals surface area contributed by atoms with Crippen molar-refractivity contribution in [1.29, 1.82) is 0 Å². The summed E-state index contributed by atoms with van der Waals surface area (Å²) in [5, 5.41) is 11.8. The Morgan fingerprint density at radius 1 is 1.21 bits per heavy atom. The molecule has 0 spiro atoms. The fraction of sp³-hybridized carbons (Fsp3) is 0.267. The average molecular weight is 348 g/mol. The van der Waals surface area contributed by atoms with Gasteiger partial charge in [0.15, 0.2) is 5.69 Å². The Morgan fingerprint density at radius 2 is 1.96 bits per heavy atom. The summed E-state index contributed by atoms with van der Waals surface area (Å²) in [5.41, 5.74) is 1.50. The number of carboxylic acid groups (broad SMARTS) is 1. The largest absolute Gasteiger partial charge is 0.476 e. The standard InChI is InChI=1S/C15H16N4O4S/c20-15(21)13-9-18-14(10-16-13)17-8-11-2-4-12(5-3-11)19-6-1-7-24(19,22)23/h2-5,9-10H,1,6-8H2,(H,17,18)(H,20,21). The normalized spacial score (nSPS) is 16.1. The summed E-state index contributed by atoms with van der Waals surface area (Å²) in [5.74, 6) is -0.464. The van der Waals surface area contributed by atoms with Gasteiger partial charge in [-0.3, -0.25) is 4.31 Å². The quantitative estimate of drug-likeness (QED) is 0.838. The van der Waals surface area contributed by atoms with Crippen LogP contribution in [0, 0.1) is 0 Å². The van der Waals surface area contributed by atoms with Crippen molar-refractivity contribution in [1.82, 2.24) is 9.97 Å². The lowest BCUT2D eigenvalue weighted by atomic mass is 10.2. The summed E-state index contributed by atoms with van der Waals surface area (Å²) < 4.78 is 25.2. The van der Waals surface area contributed by atoms with Crippen molar-refractivity contribution in [2.45, 2.75) is 13.0 Å². The lowest BCUT2D eigenvalue weighted by Crippen LogP contribution is -2.24. The van der Waals surface area contributed by atoms with Crippen molar-refractivity contribution in [2.75, 3.05) is 21.9 Å². The second kappa shape index (κ2) is 6.44. The molecule has 9 heteroatoms. The van der Waals surface area contributed by atoms with Gasteiger partial charge < -0.3 is 10.4 Å².